The number of hydrogen-bond acceptors (Lipinski definition) is 7. The Labute approximate surface area is 117 Å². The zero-order valence-electron chi connectivity index (χ0n) is 9.83. The number of aromatic nitrogens is 2. The first kappa shape index (κ1) is 13.8. The molecule has 2 heterocycles. The monoisotopic (exact) mass is 297 g/mol. The predicted molar refractivity (Wildman–Crippen MR) is 71.3 cm³/mol. The van der Waals surface area contributed by atoms with Crippen molar-refractivity contribution in [2.45, 2.75) is 19.3 Å². The Morgan fingerprint density at radius 3 is 2.84 bits per heavy atom. The molecule has 2 aromatic heterocycles. The van der Waals surface area contributed by atoms with Crippen molar-refractivity contribution in [2.24, 2.45) is 0 Å². The molecule has 0 radical (unpaired) electrons. The van der Waals surface area contributed by atoms with Crippen molar-refractivity contribution in [1.29, 1.82) is 0 Å². The Hall–Kier alpha value is -1.64. The Kier molecular flexibility index (Phi) is 4.72. The Morgan fingerprint density at radius 1 is 1.32 bits per heavy atom. The predicted octanol–water partition coefficient (Wildman–Crippen LogP) is 2.13. The number of nitrogens with zero attached hydrogens (tertiary/aromatic N) is 2. The maximum Gasteiger partial charge on any atom is 0.243 e. The third kappa shape index (κ3) is 3.66. The molecule has 100 valence electrons. The van der Waals surface area contributed by atoms with Crippen molar-refractivity contribution in [3.8, 4) is 10.7 Å². The van der Waals surface area contributed by atoms with Gasteiger partial charge in [0, 0.05) is 23.6 Å². The quantitative estimate of drug-likeness (QED) is 0.484. The SMILES string of the molecule is O=C(CCCC(=O)c1csc(-c2cscn2)n1)NO. The summed E-state index contributed by atoms with van der Waals surface area (Å²) in [5.41, 5.74) is 4.42. The number of hydrogen-bond donors (Lipinski definition) is 2. The summed E-state index contributed by atoms with van der Waals surface area (Å²) in [6, 6.07) is 0. The van der Waals surface area contributed by atoms with Crippen LogP contribution in [-0.4, -0.2) is 26.9 Å². The zero-order valence-corrected chi connectivity index (χ0v) is 11.5. The molecule has 0 saturated heterocycles. The van der Waals surface area contributed by atoms with Gasteiger partial charge in [0.15, 0.2) is 5.78 Å². The second-order valence-electron chi connectivity index (χ2n) is 3.72. The third-order valence-electron chi connectivity index (χ3n) is 2.37. The standard InChI is InChI=1S/C11H11N3O3S2/c15-9(2-1-3-10(16)14-17)7-5-19-11(13-7)8-4-18-6-12-8/h4-6,17H,1-3H2,(H,14,16). The van der Waals surface area contributed by atoms with E-state index in [1.54, 1.807) is 10.9 Å². The van der Waals surface area contributed by atoms with E-state index in [2.05, 4.69) is 9.97 Å². The summed E-state index contributed by atoms with van der Waals surface area (Å²) in [5, 5.41) is 12.6. The molecule has 0 fully saturated rings. The Balaban J connectivity index is 1.91. The first-order chi connectivity index (χ1) is 9.20. The van der Waals surface area contributed by atoms with Crippen molar-refractivity contribution in [2.75, 3.05) is 0 Å². The second-order valence-corrected chi connectivity index (χ2v) is 5.30. The number of hydroxylamine groups is 1. The number of Topliss-reactive ketones (excluding diaryl/α,β-unsaturated/α-hetero) is 1. The van der Waals surface area contributed by atoms with Gasteiger partial charge in [0.05, 0.1) is 5.51 Å². The molecule has 0 atom stereocenters. The van der Waals surface area contributed by atoms with Crippen LogP contribution in [0.4, 0.5) is 0 Å². The lowest BCUT2D eigenvalue weighted by molar-refractivity contribution is -0.129. The summed E-state index contributed by atoms with van der Waals surface area (Å²) < 4.78 is 0. The topological polar surface area (TPSA) is 92.2 Å². The maximum atomic E-state index is 11.8. The number of rotatable bonds is 6. The molecule has 0 bridgehead atoms. The molecule has 6 nitrogen and oxygen atoms in total. The largest absolute Gasteiger partial charge is 0.292 e. The highest BCUT2D eigenvalue weighted by atomic mass is 32.1. The van der Waals surface area contributed by atoms with Crippen LogP contribution in [0.5, 0.6) is 0 Å². The highest BCUT2D eigenvalue weighted by molar-refractivity contribution is 7.14. The van der Waals surface area contributed by atoms with Gasteiger partial charge < -0.3 is 0 Å². The molecule has 0 unspecified atom stereocenters. The molecule has 19 heavy (non-hydrogen) atoms. The maximum absolute atomic E-state index is 11.8. The summed E-state index contributed by atoms with van der Waals surface area (Å²) in [4.78, 5) is 31.0. The van der Waals surface area contributed by atoms with E-state index in [-0.39, 0.29) is 18.6 Å². The minimum absolute atomic E-state index is 0.108. The molecule has 1 amide bonds. The molecule has 0 spiro atoms. The van der Waals surface area contributed by atoms with E-state index in [0.29, 0.717) is 12.1 Å². The van der Waals surface area contributed by atoms with Crippen molar-refractivity contribution < 1.29 is 14.8 Å². The van der Waals surface area contributed by atoms with Crippen molar-refractivity contribution in [1.82, 2.24) is 15.4 Å². The minimum Gasteiger partial charge on any atom is -0.292 e. The molecule has 8 heteroatoms. The molecule has 0 aliphatic heterocycles. The number of carbonyl (C=O) groups is 2. The normalized spacial score (nSPS) is 10.4. The van der Waals surface area contributed by atoms with E-state index in [9.17, 15) is 9.59 Å². The van der Waals surface area contributed by atoms with Crippen LogP contribution >= 0.6 is 22.7 Å². The molecule has 0 saturated carbocycles. The minimum atomic E-state index is -0.491. The average Bonchev–Trinajstić information content (AvgIpc) is 3.08. The van der Waals surface area contributed by atoms with Crippen molar-refractivity contribution in [3.63, 3.8) is 0 Å². The van der Waals surface area contributed by atoms with Gasteiger partial charge in [-0.25, -0.2) is 15.4 Å². The van der Waals surface area contributed by atoms with E-state index < -0.39 is 5.91 Å². The van der Waals surface area contributed by atoms with E-state index >= 15 is 0 Å². The van der Waals surface area contributed by atoms with Gasteiger partial charge >= 0.3 is 0 Å². The van der Waals surface area contributed by atoms with Crippen molar-refractivity contribution in [3.05, 3.63) is 22.0 Å². The average molecular weight is 297 g/mol. The number of amides is 1. The molecule has 0 aliphatic carbocycles. The van der Waals surface area contributed by atoms with Gasteiger partial charge in [-0.05, 0) is 6.42 Å². The fraction of sp³-hybridized carbons (Fsp3) is 0.273. The van der Waals surface area contributed by atoms with E-state index in [1.807, 2.05) is 5.38 Å². The highest BCUT2D eigenvalue weighted by Crippen LogP contribution is 2.24. The first-order valence-electron chi connectivity index (χ1n) is 5.51. The van der Waals surface area contributed by atoms with Crippen LogP contribution in [0.2, 0.25) is 0 Å². The summed E-state index contributed by atoms with van der Waals surface area (Å²) in [5.74, 6) is -0.599. The van der Waals surface area contributed by atoms with Gasteiger partial charge in [0.25, 0.3) is 0 Å². The first-order valence-corrected chi connectivity index (χ1v) is 7.33. The van der Waals surface area contributed by atoms with Gasteiger partial charge in [-0.1, -0.05) is 0 Å². The van der Waals surface area contributed by atoms with Crippen LogP contribution < -0.4 is 5.48 Å². The zero-order chi connectivity index (χ0) is 13.7. The van der Waals surface area contributed by atoms with Crippen LogP contribution in [0, 0.1) is 0 Å². The molecular weight excluding hydrogens is 286 g/mol. The van der Waals surface area contributed by atoms with Crippen LogP contribution in [0.1, 0.15) is 29.8 Å². The van der Waals surface area contributed by atoms with Gasteiger partial charge in [0.1, 0.15) is 16.4 Å². The summed E-state index contributed by atoms with van der Waals surface area (Å²) in [6.45, 7) is 0. The highest BCUT2D eigenvalue weighted by Gasteiger charge is 2.13. The molecule has 2 rings (SSSR count). The lowest BCUT2D eigenvalue weighted by Gasteiger charge is -1.97. The fourth-order valence-electron chi connectivity index (χ4n) is 1.43. The molecule has 0 aromatic carbocycles. The van der Waals surface area contributed by atoms with E-state index in [0.717, 1.165) is 10.7 Å². The molecular formula is C11H11N3O3S2. The van der Waals surface area contributed by atoms with Gasteiger partial charge in [-0.15, -0.1) is 22.7 Å². The lowest BCUT2D eigenvalue weighted by Crippen LogP contribution is -2.18. The number of thiazole rings is 2. The van der Waals surface area contributed by atoms with Crippen LogP contribution in [0.15, 0.2) is 16.3 Å². The van der Waals surface area contributed by atoms with E-state index in [4.69, 9.17) is 5.21 Å². The number of nitrogens with one attached hydrogen (secondary N) is 1. The number of carbonyl (C=O) groups excluding carboxylic acids is 2. The molecule has 2 N–H and O–H groups in total. The van der Waals surface area contributed by atoms with Crippen LogP contribution in [-0.2, 0) is 4.79 Å². The summed E-state index contributed by atoms with van der Waals surface area (Å²) >= 11 is 2.85. The van der Waals surface area contributed by atoms with Crippen LogP contribution in [0.25, 0.3) is 10.7 Å². The van der Waals surface area contributed by atoms with Gasteiger partial charge in [0.2, 0.25) is 5.91 Å². The number of ketones is 1. The van der Waals surface area contributed by atoms with Gasteiger partial charge in [-0.2, -0.15) is 0 Å². The lowest BCUT2D eigenvalue weighted by atomic mass is 10.1. The molecule has 2 aromatic rings. The fourth-order valence-corrected chi connectivity index (χ4v) is 2.83. The smallest absolute Gasteiger partial charge is 0.243 e. The second kappa shape index (κ2) is 6.50. The van der Waals surface area contributed by atoms with Crippen molar-refractivity contribution >= 4 is 34.4 Å². The molecule has 0 aliphatic rings. The summed E-state index contributed by atoms with van der Waals surface area (Å²) in [7, 11) is 0. The Morgan fingerprint density at radius 2 is 2.16 bits per heavy atom. The van der Waals surface area contributed by atoms with E-state index in [1.165, 1.54) is 28.2 Å². The Bertz CT molecular complexity index is 566. The van der Waals surface area contributed by atoms with Gasteiger partial charge in [-0.3, -0.25) is 14.8 Å². The summed E-state index contributed by atoms with van der Waals surface area (Å²) in [6.07, 6.45) is 0.730. The van der Waals surface area contributed by atoms with Crippen LogP contribution in [0.3, 0.4) is 0 Å². The third-order valence-corrected chi connectivity index (χ3v) is 3.82.